The number of rotatable bonds is 12. The molecule has 0 aliphatic heterocycles. The molecule has 1 amide bonds. The average Bonchev–Trinajstić information content (AvgIpc) is 2.90. The van der Waals surface area contributed by atoms with Gasteiger partial charge in [0.2, 0.25) is 0 Å². The van der Waals surface area contributed by atoms with Gasteiger partial charge in [-0.1, -0.05) is 48.5 Å². The number of amides is 1. The number of carbonyl (C=O) groups excluding carboxylic acids is 1. The number of benzene rings is 2. The number of nitrogens with zero attached hydrogens (tertiary/aromatic N) is 3. The topological polar surface area (TPSA) is 76.6 Å². The summed E-state index contributed by atoms with van der Waals surface area (Å²) in [5.74, 6) is 2.80. The molecule has 1 N–H and O–H groups in total. The van der Waals surface area contributed by atoms with E-state index in [1.165, 1.54) is 11.8 Å². The van der Waals surface area contributed by atoms with Crippen molar-refractivity contribution in [1.29, 1.82) is 0 Å². The van der Waals surface area contributed by atoms with Crippen molar-refractivity contribution in [3.05, 3.63) is 70.4 Å². The van der Waals surface area contributed by atoms with Crippen LogP contribution in [0.15, 0.2) is 53.7 Å². The van der Waals surface area contributed by atoms with Gasteiger partial charge in [0.1, 0.15) is 11.0 Å². The molecule has 36 heavy (non-hydrogen) atoms. The number of ether oxygens (including phenoxy) is 2. The average molecular weight is 529 g/mol. The van der Waals surface area contributed by atoms with Crippen LogP contribution in [0.25, 0.3) is 0 Å². The summed E-state index contributed by atoms with van der Waals surface area (Å²) in [5, 5.41) is 3.99. The molecule has 0 aliphatic rings. The summed E-state index contributed by atoms with van der Waals surface area (Å²) in [5.41, 5.74) is 2.86. The van der Waals surface area contributed by atoms with Crippen LogP contribution in [-0.4, -0.2) is 49.7 Å². The van der Waals surface area contributed by atoms with Crippen molar-refractivity contribution >= 4 is 35.1 Å². The molecule has 0 spiro atoms. The molecule has 0 bridgehead atoms. The van der Waals surface area contributed by atoms with E-state index in [1.54, 1.807) is 20.3 Å². The third-order valence-electron chi connectivity index (χ3n) is 5.81. The van der Waals surface area contributed by atoms with Gasteiger partial charge in [-0.2, -0.15) is 0 Å². The molecule has 0 radical (unpaired) electrons. The van der Waals surface area contributed by atoms with E-state index in [4.69, 9.17) is 26.1 Å². The van der Waals surface area contributed by atoms with Crippen LogP contribution in [0.1, 0.15) is 41.8 Å². The van der Waals surface area contributed by atoms with Gasteiger partial charge in [-0.3, -0.25) is 4.79 Å². The summed E-state index contributed by atoms with van der Waals surface area (Å²) < 4.78 is 10.7. The van der Waals surface area contributed by atoms with Crippen molar-refractivity contribution in [3.8, 4) is 11.5 Å². The second-order valence-electron chi connectivity index (χ2n) is 8.46. The maximum absolute atomic E-state index is 12.3. The lowest BCUT2D eigenvalue weighted by Crippen LogP contribution is -2.31. The molecule has 0 fully saturated rings. The highest BCUT2D eigenvalue weighted by Gasteiger charge is 2.12. The Morgan fingerprint density at radius 3 is 2.42 bits per heavy atom. The fourth-order valence-corrected chi connectivity index (χ4v) is 4.44. The van der Waals surface area contributed by atoms with Crippen molar-refractivity contribution in [3.63, 3.8) is 0 Å². The number of hydrogen-bond donors (Lipinski definition) is 1. The summed E-state index contributed by atoms with van der Waals surface area (Å²) in [6.45, 7) is 4.79. The van der Waals surface area contributed by atoms with E-state index in [9.17, 15) is 4.79 Å². The number of nitrogens with one attached hydrogen (secondary N) is 1. The zero-order chi connectivity index (χ0) is 26.1. The van der Waals surface area contributed by atoms with E-state index < -0.39 is 0 Å². The number of thioether (sulfide) groups is 1. The van der Waals surface area contributed by atoms with Gasteiger partial charge in [0.25, 0.3) is 5.91 Å². The van der Waals surface area contributed by atoms with E-state index >= 15 is 0 Å². The number of anilines is 1. The molecule has 0 saturated heterocycles. The van der Waals surface area contributed by atoms with E-state index in [2.05, 4.69) is 15.2 Å². The molecular formula is C27H33ClN4O3S. The molecule has 1 aromatic heterocycles. The summed E-state index contributed by atoms with van der Waals surface area (Å²) in [7, 11) is 5.24. The van der Waals surface area contributed by atoms with Gasteiger partial charge in [-0.15, -0.1) is 0 Å². The second-order valence-corrected chi connectivity index (χ2v) is 9.79. The molecule has 3 aromatic rings. The Balaban J connectivity index is 1.59. The molecule has 0 saturated carbocycles. The predicted octanol–water partition coefficient (Wildman–Crippen LogP) is 5.65. The number of halogens is 1. The third kappa shape index (κ3) is 7.77. The minimum absolute atomic E-state index is 0.0532. The van der Waals surface area contributed by atoms with Gasteiger partial charge in [0, 0.05) is 37.0 Å². The van der Waals surface area contributed by atoms with Crippen molar-refractivity contribution in [2.45, 2.75) is 43.6 Å². The molecule has 1 atom stereocenters. The highest BCUT2D eigenvalue weighted by Crippen LogP contribution is 2.28. The molecule has 7 nitrogen and oxygen atoms in total. The summed E-state index contributed by atoms with van der Waals surface area (Å²) in [6, 6.07) is 15.5. The van der Waals surface area contributed by atoms with E-state index in [1.807, 2.05) is 63.4 Å². The molecule has 1 unspecified atom stereocenters. The van der Waals surface area contributed by atoms with Crippen LogP contribution in [0.2, 0.25) is 5.15 Å². The Bertz CT molecular complexity index is 1160. The maximum atomic E-state index is 12.3. The van der Waals surface area contributed by atoms with E-state index in [0.29, 0.717) is 33.1 Å². The van der Waals surface area contributed by atoms with Gasteiger partial charge in [0.15, 0.2) is 16.7 Å². The first-order chi connectivity index (χ1) is 17.3. The molecule has 3 rings (SSSR count). The van der Waals surface area contributed by atoms with Gasteiger partial charge < -0.3 is 19.7 Å². The molecular weight excluding hydrogens is 496 g/mol. The van der Waals surface area contributed by atoms with Crippen LogP contribution in [0.3, 0.4) is 0 Å². The Morgan fingerprint density at radius 2 is 1.75 bits per heavy atom. The quantitative estimate of drug-likeness (QED) is 0.185. The second kappa shape index (κ2) is 13.4. The lowest BCUT2D eigenvalue weighted by Gasteiger charge is -2.19. The monoisotopic (exact) mass is 528 g/mol. The van der Waals surface area contributed by atoms with E-state index in [-0.39, 0.29) is 11.9 Å². The van der Waals surface area contributed by atoms with Gasteiger partial charge in [-0.25, -0.2) is 9.97 Å². The van der Waals surface area contributed by atoms with Gasteiger partial charge in [-0.05, 0) is 55.2 Å². The van der Waals surface area contributed by atoms with Crippen molar-refractivity contribution in [2.75, 3.05) is 32.7 Å². The normalized spacial score (nSPS) is 11.6. The van der Waals surface area contributed by atoms with Crippen LogP contribution >= 0.6 is 23.4 Å². The van der Waals surface area contributed by atoms with Crippen LogP contribution in [0, 0.1) is 0 Å². The minimum atomic E-state index is -0.0532. The molecule has 9 heteroatoms. The number of likely N-dealkylation sites (N-methyl/N-ethyl adjacent to an activating group) is 1. The molecule has 1 heterocycles. The fraction of sp³-hybridized carbons (Fsp3) is 0.370. The van der Waals surface area contributed by atoms with Crippen molar-refractivity contribution in [1.82, 2.24) is 15.3 Å². The highest BCUT2D eigenvalue weighted by atomic mass is 35.5. The first kappa shape index (κ1) is 27.6. The zero-order valence-electron chi connectivity index (χ0n) is 21.4. The van der Waals surface area contributed by atoms with Crippen molar-refractivity contribution < 1.29 is 14.3 Å². The fourth-order valence-electron chi connectivity index (χ4n) is 3.40. The highest BCUT2D eigenvalue weighted by molar-refractivity contribution is 7.98. The van der Waals surface area contributed by atoms with Crippen LogP contribution in [-0.2, 0) is 12.2 Å². The number of methoxy groups -OCH3 is 2. The molecule has 0 aliphatic carbocycles. The predicted molar refractivity (Wildman–Crippen MR) is 147 cm³/mol. The summed E-state index contributed by atoms with van der Waals surface area (Å²) in [6.07, 6.45) is 1.70. The lowest BCUT2D eigenvalue weighted by atomic mass is 10.1. The lowest BCUT2D eigenvalue weighted by molar-refractivity contribution is 0.0939. The maximum Gasteiger partial charge on any atom is 0.251 e. The number of hydrogen-bond acceptors (Lipinski definition) is 7. The minimum Gasteiger partial charge on any atom is -0.493 e. The van der Waals surface area contributed by atoms with E-state index in [0.717, 1.165) is 36.3 Å². The Morgan fingerprint density at radius 1 is 1.06 bits per heavy atom. The van der Waals surface area contributed by atoms with Gasteiger partial charge >= 0.3 is 0 Å². The number of carbonyl (C=O) groups is 1. The first-order valence-corrected chi connectivity index (χ1v) is 13.2. The summed E-state index contributed by atoms with van der Waals surface area (Å²) >= 11 is 7.82. The summed E-state index contributed by atoms with van der Waals surface area (Å²) in [4.78, 5) is 23.4. The third-order valence-corrected chi connectivity index (χ3v) is 6.92. The Hall–Kier alpha value is -2.97. The van der Waals surface area contributed by atoms with Crippen molar-refractivity contribution in [2.24, 2.45) is 0 Å². The molecule has 2 aromatic carbocycles. The van der Waals surface area contributed by atoms with Crippen LogP contribution in [0.5, 0.6) is 11.5 Å². The van der Waals surface area contributed by atoms with Gasteiger partial charge in [0.05, 0.1) is 14.2 Å². The molecule has 192 valence electrons. The van der Waals surface area contributed by atoms with Crippen LogP contribution < -0.4 is 19.7 Å². The zero-order valence-corrected chi connectivity index (χ0v) is 22.9. The van der Waals surface area contributed by atoms with Crippen LogP contribution in [0.4, 0.5) is 5.82 Å². The smallest absolute Gasteiger partial charge is 0.251 e. The largest absolute Gasteiger partial charge is 0.493 e. The Kier molecular flexibility index (Phi) is 10.3. The number of aromatic nitrogens is 2. The Labute approximate surface area is 222 Å². The standard InChI is InChI=1S/C27H33ClN4O3S/c1-6-18(2)29-26(33)21-10-7-20(8-11-21)17-36-27-30-24(28)16-25(31-27)32(3)14-13-19-9-12-22(34-4)23(15-19)35-5/h7-12,15-16,18H,6,13-14,17H2,1-5H3,(H,29,33). The SMILES string of the molecule is CCC(C)NC(=O)c1ccc(CSc2nc(Cl)cc(N(C)CCc3ccc(OC)c(OC)c3)n2)cc1. The first-order valence-electron chi connectivity index (χ1n) is 11.8.